The normalized spacial score (nSPS) is 17.6. The Morgan fingerprint density at radius 2 is 2.14 bits per heavy atom. The summed E-state index contributed by atoms with van der Waals surface area (Å²) in [5.74, 6) is 0.682. The first-order valence-electron chi connectivity index (χ1n) is 7.51. The molecule has 0 radical (unpaired) electrons. The van der Waals surface area contributed by atoms with Crippen molar-refractivity contribution in [3.63, 3.8) is 0 Å². The second-order valence-electron chi connectivity index (χ2n) is 5.92. The fourth-order valence-corrected chi connectivity index (χ4v) is 3.93. The van der Waals surface area contributed by atoms with Crippen molar-refractivity contribution < 1.29 is 0 Å². The first-order valence-corrected chi connectivity index (χ1v) is 8.38. The average Bonchev–Trinajstić information content (AvgIpc) is 3.17. The Balaban J connectivity index is 1.74. The maximum Gasteiger partial charge on any atom is 0.123 e. The highest BCUT2D eigenvalue weighted by molar-refractivity contribution is 7.13. The lowest BCUT2D eigenvalue weighted by Gasteiger charge is -2.28. The van der Waals surface area contributed by atoms with Crippen LogP contribution < -0.4 is 0 Å². The van der Waals surface area contributed by atoms with Gasteiger partial charge >= 0.3 is 0 Å². The summed E-state index contributed by atoms with van der Waals surface area (Å²) in [6.45, 7) is 2.40. The van der Waals surface area contributed by atoms with Crippen LogP contribution in [0.4, 0.5) is 0 Å². The molecular formula is C17H19N3S. The summed E-state index contributed by atoms with van der Waals surface area (Å²) in [6, 6.07) is 6.65. The van der Waals surface area contributed by atoms with Gasteiger partial charge in [0.2, 0.25) is 0 Å². The van der Waals surface area contributed by atoms with Crippen molar-refractivity contribution in [1.82, 2.24) is 14.9 Å². The summed E-state index contributed by atoms with van der Waals surface area (Å²) >= 11 is 1.70. The van der Waals surface area contributed by atoms with Gasteiger partial charge in [-0.15, -0.1) is 11.3 Å². The molecule has 3 aromatic rings. The van der Waals surface area contributed by atoms with E-state index >= 15 is 0 Å². The molecule has 2 aromatic heterocycles. The number of aromatic amines is 1. The molecule has 0 saturated carbocycles. The minimum absolute atomic E-state index is 0.682. The van der Waals surface area contributed by atoms with Crippen molar-refractivity contribution in [2.75, 3.05) is 20.1 Å². The van der Waals surface area contributed by atoms with E-state index in [1.807, 2.05) is 11.6 Å². The molecule has 1 fully saturated rings. The van der Waals surface area contributed by atoms with Gasteiger partial charge in [0.15, 0.2) is 0 Å². The zero-order valence-electron chi connectivity index (χ0n) is 12.2. The molecule has 0 amide bonds. The lowest BCUT2D eigenvalue weighted by atomic mass is 9.89. The first kappa shape index (κ1) is 13.0. The van der Waals surface area contributed by atoms with E-state index in [1.165, 1.54) is 48.0 Å². The van der Waals surface area contributed by atoms with Gasteiger partial charge in [-0.3, -0.25) is 0 Å². The Bertz CT molecular complexity index is 737. The van der Waals surface area contributed by atoms with Gasteiger partial charge in [0.05, 0.1) is 0 Å². The lowest BCUT2D eigenvalue weighted by Crippen LogP contribution is -2.29. The van der Waals surface area contributed by atoms with E-state index in [1.54, 1.807) is 11.3 Å². The molecule has 108 valence electrons. The summed E-state index contributed by atoms with van der Waals surface area (Å²) in [5, 5.41) is 4.51. The molecule has 0 aliphatic carbocycles. The number of rotatable bonds is 2. The Morgan fingerprint density at radius 3 is 2.90 bits per heavy atom. The van der Waals surface area contributed by atoms with Gasteiger partial charge in [-0.2, -0.15) is 0 Å². The molecule has 1 aromatic carbocycles. The number of likely N-dealkylation sites (tertiary alicyclic amines) is 1. The predicted octanol–water partition coefficient (Wildman–Crippen LogP) is 4.10. The van der Waals surface area contributed by atoms with E-state index in [9.17, 15) is 0 Å². The van der Waals surface area contributed by atoms with E-state index in [-0.39, 0.29) is 0 Å². The molecule has 4 rings (SSSR count). The van der Waals surface area contributed by atoms with Crippen LogP contribution in [0.3, 0.4) is 0 Å². The lowest BCUT2D eigenvalue weighted by molar-refractivity contribution is 0.256. The molecule has 3 nitrogen and oxygen atoms in total. The predicted molar refractivity (Wildman–Crippen MR) is 88.9 cm³/mol. The molecule has 0 unspecified atom stereocenters. The molecular weight excluding hydrogens is 278 g/mol. The fourth-order valence-electron chi connectivity index (χ4n) is 3.30. The second kappa shape index (κ2) is 5.28. The second-order valence-corrected chi connectivity index (χ2v) is 6.81. The minimum Gasteiger partial charge on any atom is -0.361 e. The third-order valence-corrected chi connectivity index (χ3v) is 5.37. The molecule has 1 saturated heterocycles. The van der Waals surface area contributed by atoms with Crippen molar-refractivity contribution in [3.8, 4) is 10.6 Å². The molecule has 0 atom stereocenters. The molecule has 0 bridgehead atoms. The third-order valence-electron chi connectivity index (χ3n) is 4.55. The van der Waals surface area contributed by atoms with E-state index in [0.717, 1.165) is 5.01 Å². The van der Waals surface area contributed by atoms with Gasteiger partial charge in [-0.05, 0) is 62.7 Å². The zero-order chi connectivity index (χ0) is 14.2. The molecule has 3 heterocycles. The minimum atomic E-state index is 0.682. The number of H-pyrrole nitrogens is 1. The summed E-state index contributed by atoms with van der Waals surface area (Å²) in [7, 11) is 2.21. The first-order chi connectivity index (χ1) is 10.3. The monoisotopic (exact) mass is 297 g/mol. The highest BCUT2D eigenvalue weighted by atomic mass is 32.1. The molecule has 4 heteroatoms. The number of thiazole rings is 1. The number of benzene rings is 1. The van der Waals surface area contributed by atoms with Crippen molar-refractivity contribution in [3.05, 3.63) is 41.5 Å². The summed E-state index contributed by atoms with van der Waals surface area (Å²) < 4.78 is 0. The van der Waals surface area contributed by atoms with Crippen LogP contribution in [-0.2, 0) is 0 Å². The Morgan fingerprint density at radius 1 is 1.29 bits per heavy atom. The van der Waals surface area contributed by atoms with E-state index in [0.29, 0.717) is 5.92 Å². The third kappa shape index (κ3) is 2.39. The number of aromatic nitrogens is 2. The number of fused-ring (bicyclic) bond motifs is 1. The number of nitrogens with zero attached hydrogens (tertiary/aromatic N) is 2. The van der Waals surface area contributed by atoms with Gasteiger partial charge in [-0.25, -0.2) is 4.98 Å². The Labute approximate surface area is 128 Å². The maximum absolute atomic E-state index is 4.43. The van der Waals surface area contributed by atoms with E-state index in [4.69, 9.17) is 0 Å². The molecule has 1 aliphatic rings. The van der Waals surface area contributed by atoms with Crippen LogP contribution >= 0.6 is 11.3 Å². The Hall–Kier alpha value is -1.65. The SMILES string of the molecule is CN1CCC(c2c[nH]c3ccc(-c4nccs4)cc23)CC1. The van der Waals surface area contributed by atoms with Crippen LogP contribution in [-0.4, -0.2) is 35.0 Å². The van der Waals surface area contributed by atoms with Crippen LogP contribution in [0.25, 0.3) is 21.5 Å². The summed E-state index contributed by atoms with van der Waals surface area (Å²) in [4.78, 5) is 10.3. The van der Waals surface area contributed by atoms with Gasteiger partial charge in [0, 0.05) is 34.2 Å². The van der Waals surface area contributed by atoms with Gasteiger partial charge in [0.1, 0.15) is 5.01 Å². The van der Waals surface area contributed by atoms with Crippen LogP contribution in [0.2, 0.25) is 0 Å². The quantitative estimate of drug-likeness (QED) is 0.772. The van der Waals surface area contributed by atoms with Crippen molar-refractivity contribution in [2.45, 2.75) is 18.8 Å². The van der Waals surface area contributed by atoms with Gasteiger partial charge in [0.25, 0.3) is 0 Å². The van der Waals surface area contributed by atoms with Crippen LogP contribution in [0.1, 0.15) is 24.3 Å². The summed E-state index contributed by atoms with van der Waals surface area (Å²) in [5.41, 5.74) is 3.95. The van der Waals surface area contributed by atoms with Gasteiger partial charge in [-0.1, -0.05) is 0 Å². The molecule has 1 N–H and O–H groups in total. The molecule has 1 aliphatic heterocycles. The largest absolute Gasteiger partial charge is 0.361 e. The van der Waals surface area contributed by atoms with Crippen LogP contribution in [0, 0.1) is 0 Å². The van der Waals surface area contributed by atoms with Crippen LogP contribution in [0.5, 0.6) is 0 Å². The highest BCUT2D eigenvalue weighted by Gasteiger charge is 2.21. The topological polar surface area (TPSA) is 31.9 Å². The van der Waals surface area contributed by atoms with Gasteiger partial charge < -0.3 is 9.88 Å². The van der Waals surface area contributed by atoms with Crippen LogP contribution in [0.15, 0.2) is 36.0 Å². The standard InChI is InChI=1S/C17H19N3S/c1-20-7-4-12(5-8-20)15-11-19-16-3-2-13(10-14(15)16)17-18-6-9-21-17/h2-3,6,9-12,19H,4-5,7-8H2,1H3. The van der Waals surface area contributed by atoms with Crippen molar-refractivity contribution >= 4 is 22.2 Å². The van der Waals surface area contributed by atoms with Crippen molar-refractivity contribution in [1.29, 1.82) is 0 Å². The summed E-state index contributed by atoms with van der Waals surface area (Å²) in [6.07, 6.45) is 6.60. The number of hydrogen-bond donors (Lipinski definition) is 1. The number of hydrogen-bond acceptors (Lipinski definition) is 3. The maximum atomic E-state index is 4.43. The van der Waals surface area contributed by atoms with E-state index in [2.05, 4.69) is 46.3 Å². The molecule has 0 spiro atoms. The number of piperidine rings is 1. The average molecular weight is 297 g/mol. The molecule has 21 heavy (non-hydrogen) atoms. The van der Waals surface area contributed by atoms with Crippen molar-refractivity contribution in [2.24, 2.45) is 0 Å². The smallest absolute Gasteiger partial charge is 0.123 e. The highest BCUT2D eigenvalue weighted by Crippen LogP contribution is 2.35. The number of nitrogens with one attached hydrogen (secondary N) is 1. The Kier molecular flexibility index (Phi) is 3.28. The zero-order valence-corrected chi connectivity index (χ0v) is 13.0. The fraction of sp³-hybridized carbons (Fsp3) is 0.353. The van der Waals surface area contributed by atoms with E-state index < -0.39 is 0 Å².